The van der Waals surface area contributed by atoms with Crippen LogP contribution in [0.5, 0.6) is 0 Å². The van der Waals surface area contributed by atoms with E-state index < -0.39 is 30.5 Å². The smallest absolute Gasteiger partial charge is 0.166 e. The molecule has 62 valence electrons. The molecule has 1 saturated heterocycles. The molecule has 5 heteroatoms. The van der Waals surface area contributed by atoms with Crippen molar-refractivity contribution in [2.45, 2.75) is 24.9 Å². The minimum absolute atomic E-state index is 0.422. The lowest BCUT2D eigenvalue weighted by atomic mass is 9.83. The SMILES string of the molecule is [B][C@]1(F)O[C@H](CO)C(O)[C@@H]1C. The van der Waals surface area contributed by atoms with E-state index in [-0.39, 0.29) is 0 Å². The van der Waals surface area contributed by atoms with E-state index in [2.05, 4.69) is 4.74 Å². The van der Waals surface area contributed by atoms with Gasteiger partial charge in [0.15, 0.2) is 13.6 Å². The molecule has 4 atom stereocenters. The third kappa shape index (κ3) is 1.41. The lowest BCUT2D eigenvalue weighted by Crippen LogP contribution is -2.31. The molecule has 0 amide bonds. The summed E-state index contributed by atoms with van der Waals surface area (Å²) in [4.78, 5) is 0. The Morgan fingerprint density at radius 2 is 2.27 bits per heavy atom. The van der Waals surface area contributed by atoms with Crippen molar-refractivity contribution in [3.63, 3.8) is 0 Å². The van der Waals surface area contributed by atoms with E-state index in [4.69, 9.17) is 13.0 Å². The third-order valence-electron chi connectivity index (χ3n) is 2.03. The number of aliphatic hydroxyl groups excluding tert-OH is 2. The first-order chi connectivity index (χ1) is 4.99. The van der Waals surface area contributed by atoms with Crippen LogP contribution in [0.2, 0.25) is 0 Å². The van der Waals surface area contributed by atoms with E-state index in [0.717, 1.165) is 0 Å². The van der Waals surface area contributed by atoms with E-state index in [0.29, 0.717) is 0 Å². The highest BCUT2D eigenvalue weighted by Gasteiger charge is 2.48. The molecule has 0 aliphatic carbocycles. The van der Waals surface area contributed by atoms with Crippen LogP contribution in [0, 0.1) is 5.92 Å². The lowest BCUT2D eigenvalue weighted by Gasteiger charge is -2.18. The highest BCUT2D eigenvalue weighted by atomic mass is 19.2. The Morgan fingerprint density at radius 1 is 1.73 bits per heavy atom. The molecule has 0 bridgehead atoms. The Kier molecular flexibility index (Phi) is 2.23. The third-order valence-corrected chi connectivity index (χ3v) is 2.03. The molecule has 0 aromatic carbocycles. The molecular formula is C6H10BFO3. The quantitative estimate of drug-likeness (QED) is 0.492. The number of hydrogen-bond acceptors (Lipinski definition) is 3. The number of aliphatic hydroxyl groups is 2. The van der Waals surface area contributed by atoms with Gasteiger partial charge in [-0.15, -0.1) is 0 Å². The fourth-order valence-electron chi connectivity index (χ4n) is 1.11. The fourth-order valence-corrected chi connectivity index (χ4v) is 1.11. The van der Waals surface area contributed by atoms with Gasteiger partial charge < -0.3 is 14.9 Å². The van der Waals surface area contributed by atoms with Crippen molar-refractivity contribution in [3.05, 3.63) is 0 Å². The molecular weight excluding hydrogens is 150 g/mol. The maximum absolute atomic E-state index is 13.0. The summed E-state index contributed by atoms with van der Waals surface area (Å²) in [5.41, 5.74) is 0. The van der Waals surface area contributed by atoms with Crippen LogP contribution < -0.4 is 0 Å². The van der Waals surface area contributed by atoms with Gasteiger partial charge in [0, 0.05) is 5.92 Å². The van der Waals surface area contributed by atoms with Crippen LogP contribution in [0.4, 0.5) is 4.39 Å². The van der Waals surface area contributed by atoms with E-state index in [1.165, 1.54) is 6.92 Å². The molecule has 1 aliphatic rings. The average Bonchev–Trinajstić information content (AvgIpc) is 2.13. The molecule has 1 heterocycles. The van der Waals surface area contributed by atoms with Crippen molar-refractivity contribution >= 4 is 7.85 Å². The molecule has 2 N–H and O–H groups in total. The summed E-state index contributed by atoms with van der Waals surface area (Å²) >= 11 is 0. The van der Waals surface area contributed by atoms with Crippen LogP contribution in [-0.2, 0) is 4.74 Å². The van der Waals surface area contributed by atoms with Gasteiger partial charge in [0.2, 0.25) is 0 Å². The van der Waals surface area contributed by atoms with E-state index in [1.807, 2.05) is 0 Å². The van der Waals surface area contributed by atoms with Gasteiger partial charge in [-0.1, -0.05) is 6.92 Å². The summed E-state index contributed by atoms with van der Waals surface area (Å²) in [6.07, 6.45) is -1.94. The van der Waals surface area contributed by atoms with Crippen LogP contribution in [0.3, 0.4) is 0 Å². The van der Waals surface area contributed by atoms with Gasteiger partial charge in [-0.25, -0.2) is 4.39 Å². The minimum atomic E-state index is -2.31. The number of ether oxygens (including phenoxy) is 1. The molecule has 2 radical (unpaired) electrons. The lowest BCUT2D eigenvalue weighted by molar-refractivity contribution is -0.100. The molecule has 1 unspecified atom stereocenters. The largest absolute Gasteiger partial charge is 0.394 e. The van der Waals surface area contributed by atoms with Crippen molar-refractivity contribution in [1.29, 1.82) is 0 Å². The van der Waals surface area contributed by atoms with Gasteiger partial charge in [-0.3, -0.25) is 0 Å². The maximum Gasteiger partial charge on any atom is 0.166 e. The van der Waals surface area contributed by atoms with Crippen LogP contribution in [0.15, 0.2) is 0 Å². The van der Waals surface area contributed by atoms with Crippen LogP contribution in [-0.4, -0.2) is 42.6 Å². The van der Waals surface area contributed by atoms with E-state index in [1.54, 1.807) is 0 Å². The summed E-state index contributed by atoms with van der Waals surface area (Å²) < 4.78 is 17.5. The molecule has 0 spiro atoms. The Labute approximate surface area is 65.6 Å². The zero-order valence-corrected chi connectivity index (χ0v) is 6.20. The molecule has 1 aliphatic heterocycles. The predicted octanol–water partition coefficient (Wildman–Crippen LogP) is -0.834. The standard InChI is InChI=1S/C6H10BFO3/c1-3-5(10)4(2-9)11-6(3,7)8/h3-5,9-10H,2H2,1H3/t3-,4+,5?,6+/m0/s1. The van der Waals surface area contributed by atoms with Crippen LogP contribution >= 0.6 is 0 Å². The van der Waals surface area contributed by atoms with Crippen molar-refractivity contribution in [1.82, 2.24) is 0 Å². The predicted molar refractivity (Wildman–Crippen MR) is 36.7 cm³/mol. The second-order valence-corrected chi connectivity index (χ2v) is 2.82. The summed E-state index contributed by atoms with van der Waals surface area (Å²) in [6, 6.07) is 0. The fraction of sp³-hybridized carbons (Fsp3) is 1.00. The van der Waals surface area contributed by atoms with Crippen molar-refractivity contribution in [2.75, 3.05) is 6.61 Å². The van der Waals surface area contributed by atoms with Gasteiger partial charge in [-0.05, 0) is 0 Å². The molecule has 1 rings (SSSR count). The second kappa shape index (κ2) is 2.73. The first-order valence-corrected chi connectivity index (χ1v) is 3.43. The van der Waals surface area contributed by atoms with E-state index in [9.17, 15) is 9.50 Å². The molecule has 3 nitrogen and oxygen atoms in total. The average molecular weight is 160 g/mol. The highest BCUT2D eigenvalue weighted by Crippen LogP contribution is 2.34. The Bertz CT molecular complexity index is 153. The summed E-state index contributed by atoms with van der Waals surface area (Å²) in [5.74, 6) is -3.12. The normalized spacial score (nSPS) is 51.5. The van der Waals surface area contributed by atoms with Gasteiger partial charge in [0.1, 0.15) is 6.10 Å². The van der Waals surface area contributed by atoms with Crippen LogP contribution in [0.1, 0.15) is 6.92 Å². The summed E-state index contributed by atoms with van der Waals surface area (Å²) in [5, 5.41) is 17.8. The number of alkyl halides is 1. The van der Waals surface area contributed by atoms with Crippen molar-refractivity contribution < 1.29 is 19.3 Å². The second-order valence-electron chi connectivity index (χ2n) is 2.82. The highest BCUT2D eigenvalue weighted by molar-refractivity contribution is 6.13. The summed E-state index contributed by atoms with van der Waals surface area (Å²) in [7, 11) is 5.02. The number of hydrogen-bond donors (Lipinski definition) is 2. The van der Waals surface area contributed by atoms with Crippen molar-refractivity contribution in [2.24, 2.45) is 5.92 Å². The summed E-state index contributed by atoms with van der Waals surface area (Å²) in [6.45, 7) is 1.01. The monoisotopic (exact) mass is 160 g/mol. The van der Waals surface area contributed by atoms with Gasteiger partial charge in [-0.2, -0.15) is 0 Å². The first-order valence-electron chi connectivity index (χ1n) is 3.43. The zero-order valence-electron chi connectivity index (χ0n) is 6.20. The molecule has 0 saturated carbocycles. The van der Waals surface area contributed by atoms with Gasteiger partial charge >= 0.3 is 0 Å². The molecule has 0 aromatic heterocycles. The topological polar surface area (TPSA) is 49.7 Å². The number of halogens is 1. The Balaban J connectivity index is 2.69. The zero-order chi connectivity index (χ0) is 8.65. The number of rotatable bonds is 1. The van der Waals surface area contributed by atoms with Gasteiger partial charge in [0.25, 0.3) is 0 Å². The molecule has 1 fully saturated rings. The minimum Gasteiger partial charge on any atom is -0.394 e. The first kappa shape index (κ1) is 8.97. The Morgan fingerprint density at radius 3 is 2.45 bits per heavy atom. The van der Waals surface area contributed by atoms with Crippen molar-refractivity contribution in [3.8, 4) is 0 Å². The molecule has 11 heavy (non-hydrogen) atoms. The van der Waals surface area contributed by atoms with Crippen LogP contribution in [0.25, 0.3) is 0 Å². The Hall–Kier alpha value is -0.125. The maximum atomic E-state index is 13.0. The van der Waals surface area contributed by atoms with E-state index >= 15 is 0 Å². The van der Waals surface area contributed by atoms with Gasteiger partial charge in [0.05, 0.1) is 12.7 Å². The molecule has 0 aromatic rings.